The van der Waals surface area contributed by atoms with Gasteiger partial charge in [-0.15, -0.1) is 0 Å². The maximum Gasteiger partial charge on any atom is 0.407 e. The lowest BCUT2D eigenvalue weighted by Gasteiger charge is -2.16. The van der Waals surface area contributed by atoms with Crippen LogP contribution in [-0.4, -0.2) is 34.8 Å². The Bertz CT molecular complexity index is 1230. The Morgan fingerprint density at radius 3 is 2.25 bits per heavy atom. The lowest BCUT2D eigenvalue weighted by molar-refractivity contribution is -0.139. The molecule has 1 amide bonds. The van der Waals surface area contributed by atoms with Crippen molar-refractivity contribution in [2.24, 2.45) is 0 Å². The zero-order valence-electron chi connectivity index (χ0n) is 17.0. The molecule has 7 heteroatoms. The smallest absolute Gasteiger partial charge is 0.407 e. The number of alkyl carbamates (subject to hydrolysis) is 1. The van der Waals surface area contributed by atoms with Crippen molar-refractivity contribution in [2.45, 2.75) is 18.4 Å². The van der Waals surface area contributed by atoms with Gasteiger partial charge in [0, 0.05) is 5.92 Å². The Labute approximate surface area is 183 Å². The number of carboxylic acid groups (broad SMARTS) is 1. The van der Waals surface area contributed by atoms with Crippen LogP contribution >= 0.6 is 0 Å². The van der Waals surface area contributed by atoms with Crippen LogP contribution in [0.3, 0.4) is 0 Å². The Morgan fingerprint density at radius 2 is 1.59 bits per heavy atom. The molecule has 0 bridgehead atoms. The first-order chi connectivity index (χ1) is 15.6. The van der Waals surface area contributed by atoms with Gasteiger partial charge in [0.05, 0.1) is 6.42 Å². The molecule has 0 spiro atoms. The van der Waals surface area contributed by atoms with Crippen LogP contribution in [0.15, 0.2) is 77.2 Å². The number of fused-ring (bicyclic) bond motifs is 4. The van der Waals surface area contributed by atoms with E-state index in [1.54, 1.807) is 18.2 Å². The second kappa shape index (κ2) is 8.19. The van der Waals surface area contributed by atoms with Crippen LogP contribution in [0.5, 0.6) is 0 Å². The molecule has 2 N–H and O–H groups in total. The number of nitrogens with one attached hydrogen (secondary N) is 1. The molecule has 1 heterocycles. The third kappa shape index (κ3) is 3.69. The standard InChI is InChI=1S/C25H20N2O5/c28-24(29)21(13-23-26-20-11-5-6-12-22(20)32-23)27-25(30)31-14-19-17-9-3-1-7-15(17)16-8-2-4-10-18(16)19/h1-12,19,21H,13-14H2,(H,27,30)(H,28,29)/t21-/m0/s1. The predicted molar refractivity (Wildman–Crippen MR) is 117 cm³/mol. The molecule has 3 aromatic carbocycles. The fourth-order valence-corrected chi connectivity index (χ4v) is 4.16. The molecule has 160 valence electrons. The molecule has 0 fully saturated rings. The second-order valence-electron chi connectivity index (χ2n) is 7.64. The highest BCUT2D eigenvalue weighted by Crippen LogP contribution is 2.44. The predicted octanol–water partition coefficient (Wildman–Crippen LogP) is 4.36. The van der Waals surface area contributed by atoms with E-state index in [0.29, 0.717) is 11.1 Å². The summed E-state index contributed by atoms with van der Waals surface area (Å²) in [5, 5.41) is 12.0. The van der Waals surface area contributed by atoms with E-state index < -0.39 is 18.1 Å². The van der Waals surface area contributed by atoms with Crippen molar-refractivity contribution < 1.29 is 23.8 Å². The van der Waals surface area contributed by atoms with E-state index in [1.807, 2.05) is 42.5 Å². The largest absolute Gasteiger partial charge is 0.480 e. The van der Waals surface area contributed by atoms with Gasteiger partial charge >= 0.3 is 12.1 Å². The highest BCUT2D eigenvalue weighted by atomic mass is 16.5. The minimum Gasteiger partial charge on any atom is -0.480 e. The highest BCUT2D eigenvalue weighted by molar-refractivity contribution is 5.81. The normalized spacial score (nSPS) is 13.4. The summed E-state index contributed by atoms with van der Waals surface area (Å²) in [5.74, 6) is -1.06. The van der Waals surface area contributed by atoms with Crippen molar-refractivity contribution in [3.05, 3.63) is 89.8 Å². The number of benzene rings is 3. The van der Waals surface area contributed by atoms with E-state index in [9.17, 15) is 14.7 Å². The number of ether oxygens (including phenoxy) is 1. The molecule has 1 aliphatic rings. The molecule has 1 aromatic heterocycles. The highest BCUT2D eigenvalue weighted by Gasteiger charge is 2.30. The summed E-state index contributed by atoms with van der Waals surface area (Å²) in [6, 6.07) is 21.9. The molecule has 32 heavy (non-hydrogen) atoms. The number of rotatable bonds is 6. The molecule has 0 saturated heterocycles. The fraction of sp³-hybridized carbons (Fsp3) is 0.160. The Balaban J connectivity index is 1.27. The molecular weight excluding hydrogens is 408 g/mol. The molecule has 1 aliphatic carbocycles. The first-order valence-corrected chi connectivity index (χ1v) is 10.3. The van der Waals surface area contributed by atoms with Crippen molar-refractivity contribution in [1.29, 1.82) is 0 Å². The van der Waals surface area contributed by atoms with E-state index in [0.717, 1.165) is 22.3 Å². The van der Waals surface area contributed by atoms with Crippen LogP contribution in [0.2, 0.25) is 0 Å². The van der Waals surface area contributed by atoms with Crippen molar-refractivity contribution in [2.75, 3.05) is 6.61 Å². The average Bonchev–Trinajstić information content (AvgIpc) is 3.35. The number of nitrogens with zero attached hydrogens (tertiary/aromatic N) is 1. The minimum absolute atomic E-state index is 0.0891. The van der Waals surface area contributed by atoms with Crippen LogP contribution in [-0.2, 0) is 16.0 Å². The maximum atomic E-state index is 12.5. The lowest BCUT2D eigenvalue weighted by atomic mass is 9.98. The maximum absolute atomic E-state index is 12.5. The number of hydrogen-bond acceptors (Lipinski definition) is 5. The summed E-state index contributed by atoms with van der Waals surface area (Å²) >= 11 is 0. The topological polar surface area (TPSA) is 102 Å². The molecule has 0 unspecified atom stereocenters. The van der Waals surface area contributed by atoms with Crippen LogP contribution in [0.1, 0.15) is 22.9 Å². The number of aliphatic carboxylic acids is 1. The first-order valence-electron chi connectivity index (χ1n) is 10.3. The third-order valence-corrected chi connectivity index (χ3v) is 5.65. The Kier molecular flexibility index (Phi) is 5.07. The quantitative estimate of drug-likeness (QED) is 0.473. The van der Waals surface area contributed by atoms with E-state index in [1.165, 1.54) is 0 Å². The number of carbonyl (C=O) groups excluding carboxylic acids is 1. The summed E-state index contributed by atoms with van der Waals surface area (Å²) in [5.41, 5.74) is 5.61. The van der Waals surface area contributed by atoms with E-state index in [4.69, 9.17) is 9.15 Å². The average molecular weight is 428 g/mol. The number of oxazole rings is 1. The van der Waals surface area contributed by atoms with Gasteiger partial charge in [0.2, 0.25) is 0 Å². The van der Waals surface area contributed by atoms with Gasteiger partial charge in [-0.05, 0) is 34.4 Å². The zero-order valence-corrected chi connectivity index (χ0v) is 17.0. The van der Waals surface area contributed by atoms with E-state index in [-0.39, 0.29) is 24.8 Å². The molecule has 0 radical (unpaired) electrons. The van der Waals surface area contributed by atoms with Gasteiger partial charge in [0.1, 0.15) is 18.2 Å². The number of carbonyl (C=O) groups is 2. The molecule has 1 atom stereocenters. The van der Waals surface area contributed by atoms with Crippen molar-refractivity contribution in [3.63, 3.8) is 0 Å². The number of amides is 1. The SMILES string of the molecule is O=C(N[C@@H](Cc1nc2ccccc2o1)C(=O)O)OCC1c2ccccc2-c2ccccc21. The summed E-state index contributed by atoms with van der Waals surface area (Å²) in [4.78, 5) is 28.4. The molecule has 5 rings (SSSR count). The summed E-state index contributed by atoms with van der Waals surface area (Å²) in [7, 11) is 0. The van der Waals surface area contributed by atoms with Gasteiger partial charge in [0.15, 0.2) is 11.5 Å². The number of carboxylic acids is 1. The zero-order chi connectivity index (χ0) is 22.1. The van der Waals surface area contributed by atoms with Crippen LogP contribution < -0.4 is 5.32 Å². The fourth-order valence-electron chi connectivity index (χ4n) is 4.16. The van der Waals surface area contributed by atoms with Gasteiger partial charge in [-0.1, -0.05) is 60.7 Å². The van der Waals surface area contributed by atoms with Gasteiger partial charge in [0.25, 0.3) is 0 Å². The van der Waals surface area contributed by atoms with Gasteiger partial charge in [-0.25, -0.2) is 14.6 Å². The van der Waals surface area contributed by atoms with Crippen molar-refractivity contribution >= 4 is 23.2 Å². The minimum atomic E-state index is -1.22. The van der Waals surface area contributed by atoms with Crippen LogP contribution in [0.25, 0.3) is 22.2 Å². The third-order valence-electron chi connectivity index (χ3n) is 5.65. The van der Waals surface area contributed by atoms with Crippen molar-refractivity contribution in [3.8, 4) is 11.1 Å². The number of hydrogen-bond donors (Lipinski definition) is 2. The number of aromatic nitrogens is 1. The summed E-state index contributed by atoms with van der Waals surface area (Å²) in [6.07, 6.45) is -0.885. The molecule has 4 aromatic rings. The Hall–Kier alpha value is -4.13. The van der Waals surface area contributed by atoms with Crippen LogP contribution in [0.4, 0.5) is 4.79 Å². The molecule has 0 aliphatic heterocycles. The van der Waals surface area contributed by atoms with E-state index in [2.05, 4.69) is 22.4 Å². The summed E-state index contributed by atoms with van der Waals surface area (Å²) < 4.78 is 11.0. The number of para-hydroxylation sites is 2. The molecule has 0 saturated carbocycles. The Morgan fingerprint density at radius 1 is 0.969 bits per heavy atom. The van der Waals surface area contributed by atoms with E-state index >= 15 is 0 Å². The van der Waals surface area contributed by atoms with Gasteiger partial charge < -0.3 is 19.6 Å². The second-order valence-corrected chi connectivity index (χ2v) is 7.64. The monoisotopic (exact) mass is 428 g/mol. The molecule has 7 nitrogen and oxygen atoms in total. The van der Waals surface area contributed by atoms with Crippen molar-refractivity contribution in [1.82, 2.24) is 10.3 Å². The van der Waals surface area contributed by atoms with Gasteiger partial charge in [-0.2, -0.15) is 0 Å². The molecular formula is C25H20N2O5. The van der Waals surface area contributed by atoms with Crippen LogP contribution in [0, 0.1) is 0 Å². The first kappa shape index (κ1) is 19.8. The summed E-state index contributed by atoms with van der Waals surface area (Å²) in [6.45, 7) is 0.106. The van der Waals surface area contributed by atoms with Gasteiger partial charge in [-0.3, -0.25) is 0 Å². The lowest BCUT2D eigenvalue weighted by Crippen LogP contribution is -2.43.